The summed E-state index contributed by atoms with van der Waals surface area (Å²) in [4.78, 5) is 28.2. The number of hydrogen-bond acceptors (Lipinski definition) is 4. The number of nitrogens with zero attached hydrogens (tertiary/aromatic N) is 1. The van der Waals surface area contributed by atoms with E-state index in [2.05, 4.69) is 4.99 Å². The lowest BCUT2D eigenvalue weighted by atomic mass is 9.75. The van der Waals surface area contributed by atoms with Crippen molar-refractivity contribution in [2.24, 2.45) is 10.9 Å². The maximum absolute atomic E-state index is 12.2. The quantitative estimate of drug-likeness (QED) is 0.838. The molecule has 2 unspecified atom stereocenters. The number of carboxylic acid groups (broad SMARTS) is 1. The summed E-state index contributed by atoms with van der Waals surface area (Å²) < 4.78 is 4.81. The molecular formula is C16H15Cl2NO4. The number of carboxylic acids is 1. The van der Waals surface area contributed by atoms with Crippen molar-refractivity contribution in [2.75, 3.05) is 7.11 Å². The average molecular weight is 356 g/mol. The van der Waals surface area contributed by atoms with Crippen LogP contribution >= 0.6 is 23.2 Å². The van der Waals surface area contributed by atoms with Crippen molar-refractivity contribution in [3.8, 4) is 0 Å². The van der Waals surface area contributed by atoms with E-state index >= 15 is 0 Å². The third-order valence-electron chi connectivity index (χ3n) is 3.81. The van der Waals surface area contributed by atoms with Crippen LogP contribution in [0.1, 0.15) is 25.3 Å². The Bertz CT molecular complexity index is 719. The van der Waals surface area contributed by atoms with Gasteiger partial charge in [-0.05, 0) is 31.5 Å². The number of aliphatic carboxylic acids is 1. The Morgan fingerprint density at radius 3 is 2.26 bits per heavy atom. The zero-order chi connectivity index (χ0) is 17.3. The molecule has 1 aromatic carbocycles. The lowest BCUT2D eigenvalue weighted by Gasteiger charge is -2.31. The second kappa shape index (κ2) is 6.72. The largest absolute Gasteiger partial charge is 0.481 e. The van der Waals surface area contributed by atoms with Gasteiger partial charge < -0.3 is 9.84 Å². The van der Waals surface area contributed by atoms with Crippen molar-refractivity contribution in [3.63, 3.8) is 0 Å². The van der Waals surface area contributed by atoms with Crippen LogP contribution in [-0.2, 0) is 14.3 Å². The minimum atomic E-state index is -1.11. The highest BCUT2D eigenvalue weighted by Crippen LogP contribution is 2.44. The molecule has 7 heteroatoms. The van der Waals surface area contributed by atoms with Crippen LogP contribution in [0.5, 0.6) is 0 Å². The number of allylic oxidation sites excluding steroid dienone is 1. The minimum absolute atomic E-state index is 0.153. The fourth-order valence-electron chi connectivity index (χ4n) is 2.85. The minimum Gasteiger partial charge on any atom is -0.481 e. The van der Waals surface area contributed by atoms with Crippen molar-refractivity contribution in [2.45, 2.75) is 19.8 Å². The molecule has 122 valence electrons. The van der Waals surface area contributed by atoms with E-state index in [-0.39, 0.29) is 15.6 Å². The molecule has 0 bridgehead atoms. The summed E-state index contributed by atoms with van der Waals surface area (Å²) in [7, 11) is 1.23. The molecule has 1 aliphatic rings. The Kier molecular flexibility index (Phi) is 5.12. The molecule has 5 nitrogen and oxygen atoms in total. The normalized spacial score (nSPS) is 21.0. The predicted octanol–water partition coefficient (Wildman–Crippen LogP) is 3.70. The van der Waals surface area contributed by atoms with Gasteiger partial charge in [0.15, 0.2) is 0 Å². The summed E-state index contributed by atoms with van der Waals surface area (Å²) in [6.07, 6.45) is 0. The maximum atomic E-state index is 12.2. The van der Waals surface area contributed by atoms with E-state index in [1.807, 2.05) is 0 Å². The lowest BCUT2D eigenvalue weighted by molar-refractivity contribution is -0.140. The number of rotatable bonds is 3. The summed E-state index contributed by atoms with van der Waals surface area (Å²) in [5.74, 6) is -3.67. The fourth-order valence-corrected chi connectivity index (χ4v) is 3.48. The van der Waals surface area contributed by atoms with E-state index in [0.29, 0.717) is 17.0 Å². The number of aliphatic imine (C=N–C) groups is 1. The topological polar surface area (TPSA) is 76.0 Å². The van der Waals surface area contributed by atoms with Crippen LogP contribution in [0.25, 0.3) is 0 Å². The molecule has 0 radical (unpaired) electrons. The molecule has 1 heterocycles. The number of halogens is 2. The van der Waals surface area contributed by atoms with Crippen molar-refractivity contribution >= 4 is 40.9 Å². The Morgan fingerprint density at radius 2 is 1.78 bits per heavy atom. The summed E-state index contributed by atoms with van der Waals surface area (Å²) >= 11 is 12.5. The molecule has 1 N–H and O–H groups in total. The highest BCUT2D eigenvalue weighted by molar-refractivity contribution is 6.36. The van der Waals surface area contributed by atoms with Crippen LogP contribution in [0.2, 0.25) is 10.0 Å². The molecule has 0 spiro atoms. The van der Waals surface area contributed by atoms with Crippen molar-refractivity contribution in [3.05, 3.63) is 45.1 Å². The van der Waals surface area contributed by atoms with Crippen LogP contribution in [-0.4, -0.2) is 29.9 Å². The summed E-state index contributed by atoms with van der Waals surface area (Å²) in [5, 5.41) is 10.2. The summed E-state index contributed by atoms with van der Waals surface area (Å²) in [6, 6.07) is 4.86. The standard InChI is InChI=1S/C16H15Cl2NO4/c1-7-11(15(20)21)14(12(8(2)19-7)16(22)23-3)13-9(17)5-4-6-10(13)18/h4-6,11,14H,1-3H3,(H,20,21). The van der Waals surface area contributed by atoms with Gasteiger partial charge in [0.2, 0.25) is 0 Å². The van der Waals surface area contributed by atoms with Crippen molar-refractivity contribution in [1.29, 1.82) is 0 Å². The predicted molar refractivity (Wildman–Crippen MR) is 88.2 cm³/mol. The van der Waals surface area contributed by atoms with Gasteiger partial charge in [-0.15, -0.1) is 0 Å². The third-order valence-corrected chi connectivity index (χ3v) is 4.47. The average Bonchev–Trinajstić information content (AvgIpc) is 2.45. The van der Waals surface area contributed by atoms with E-state index in [0.717, 1.165) is 0 Å². The molecule has 0 saturated carbocycles. The zero-order valence-electron chi connectivity index (χ0n) is 12.8. The zero-order valence-corrected chi connectivity index (χ0v) is 14.3. The number of methoxy groups -OCH3 is 1. The summed E-state index contributed by atoms with van der Waals surface area (Å²) in [5.41, 5.74) is 1.31. The molecule has 0 saturated heterocycles. The number of carbonyl (C=O) groups is 2. The molecule has 0 aliphatic carbocycles. The Hall–Kier alpha value is -1.85. The van der Waals surface area contributed by atoms with Gasteiger partial charge in [0.05, 0.1) is 12.7 Å². The van der Waals surface area contributed by atoms with Crippen LogP contribution in [0.15, 0.2) is 34.5 Å². The highest BCUT2D eigenvalue weighted by Gasteiger charge is 2.43. The highest BCUT2D eigenvalue weighted by atomic mass is 35.5. The van der Waals surface area contributed by atoms with Crippen LogP contribution in [0.4, 0.5) is 0 Å². The van der Waals surface area contributed by atoms with Gasteiger partial charge in [0, 0.05) is 27.4 Å². The van der Waals surface area contributed by atoms with Gasteiger partial charge in [0.1, 0.15) is 5.92 Å². The van der Waals surface area contributed by atoms with Crippen molar-refractivity contribution in [1.82, 2.24) is 0 Å². The molecule has 2 atom stereocenters. The fraction of sp³-hybridized carbons (Fsp3) is 0.312. The van der Waals surface area contributed by atoms with Crippen molar-refractivity contribution < 1.29 is 19.4 Å². The number of esters is 1. The van der Waals surface area contributed by atoms with E-state index in [4.69, 9.17) is 27.9 Å². The maximum Gasteiger partial charge on any atom is 0.336 e. The first kappa shape index (κ1) is 17.5. The lowest BCUT2D eigenvalue weighted by Crippen LogP contribution is -2.35. The van der Waals surface area contributed by atoms with Gasteiger partial charge in [-0.1, -0.05) is 29.3 Å². The molecule has 23 heavy (non-hydrogen) atoms. The number of ether oxygens (including phenoxy) is 1. The first-order valence-electron chi connectivity index (χ1n) is 6.80. The monoisotopic (exact) mass is 355 g/mol. The first-order valence-corrected chi connectivity index (χ1v) is 7.56. The number of hydrogen-bond donors (Lipinski definition) is 1. The Morgan fingerprint density at radius 1 is 1.22 bits per heavy atom. The molecule has 1 aliphatic heterocycles. The van der Waals surface area contributed by atoms with Gasteiger partial charge in [0.25, 0.3) is 0 Å². The van der Waals surface area contributed by atoms with Crippen LogP contribution in [0, 0.1) is 5.92 Å². The summed E-state index contributed by atoms with van der Waals surface area (Å²) in [6.45, 7) is 3.24. The molecule has 2 rings (SSSR count). The second-order valence-corrected chi connectivity index (χ2v) is 5.99. The van der Waals surface area contributed by atoms with E-state index < -0.39 is 23.8 Å². The molecule has 0 aromatic heterocycles. The van der Waals surface area contributed by atoms with Gasteiger partial charge in [-0.25, -0.2) is 4.79 Å². The Balaban J connectivity index is 2.79. The Labute approximate surface area is 143 Å². The third kappa shape index (κ3) is 3.12. The van der Waals surface area contributed by atoms with E-state index in [1.165, 1.54) is 7.11 Å². The van der Waals surface area contributed by atoms with Gasteiger partial charge in [-0.3, -0.25) is 9.79 Å². The number of benzene rings is 1. The van der Waals surface area contributed by atoms with Gasteiger partial charge in [-0.2, -0.15) is 0 Å². The van der Waals surface area contributed by atoms with E-state index in [9.17, 15) is 14.7 Å². The van der Waals surface area contributed by atoms with Gasteiger partial charge >= 0.3 is 11.9 Å². The smallest absolute Gasteiger partial charge is 0.336 e. The molecule has 0 amide bonds. The molecule has 1 aromatic rings. The van der Waals surface area contributed by atoms with E-state index in [1.54, 1.807) is 32.0 Å². The SMILES string of the molecule is COC(=O)C1=C(C)N=C(C)C(C(=O)O)C1c1c(Cl)cccc1Cl. The van der Waals surface area contributed by atoms with Crippen LogP contribution in [0.3, 0.4) is 0 Å². The first-order chi connectivity index (χ1) is 10.8. The molecular weight excluding hydrogens is 341 g/mol. The number of carbonyl (C=O) groups excluding carboxylic acids is 1. The molecule has 0 fully saturated rings. The van der Waals surface area contributed by atoms with Crippen LogP contribution < -0.4 is 0 Å². The second-order valence-electron chi connectivity index (χ2n) is 5.17.